The number of aryl methyl sites for hydroxylation is 1. The average molecular weight is 427 g/mol. The second-order valence-electron chi connectivity index (χ2n) is 8.19. The summed E-state index contributed by atoms with van der Waals surface area (Å²) in [4.78, 5) is 29.0. The van der Waals surface area contributed by atoms with E-state index in [4.69, 9.17) is 0 Å². The first kappa shape index (κ1) is 22.9. The number of amides is 2. The Kier molecular flexibility index (Phi) is 7.76. The van der Waals surface area contributed by atoms with Crippen LogP contribution >= 0.6 is 0 Å². The van der Waals surface area contributed by atoms with E-state index in [9.17, 15) is 14.0 Å². The Morgan fingerprint density at radius 3 is 2.13 bits per heavy atom. The Morgan fingerprint density at radius 1 is 0.935 bits per heavy atom. The van der Waals surface area contributed by atoms with E-state index in [0.717, 1.165) is 48.6 Å². The number of rotatable bonds is 7. The van der Waals surface area contributed by atoms with Crippen LogP contribution in [0.5, 0.6) is 0 Å². The second-order valence-corrected chi connectivity index (χ2v) is 8.19. The molecule has 1 unspecified atom stereocenters. The summed E-state index contributed by atoms with van der Waals surface area (Å²) in [5.41, 5.74) is 3.96. The van der Waals surface area contributed by atoms with Crippen molar-refractivity contribution in [3.05, 3.63) is 65.0 Å². The molecule has 7 heteroatoms. The van der Waals surface area contributed by atoms with Gasteiger partial charge in [0.15, 0.2) is 0 Å². The smallest absolute Gasteiger partial charge is 0.238 e. The van der Waals surface area contributed by atoms with Crippen LogP contribution in [0.2, 0.25) is 0 Å². The monoisotopic (exact) mass is 426 g/mol. The van der Waals surface area contributed by atoms with Crippen molar-refractivity contribution in [2.24, 2.45) is 0 Å². The summed E-state index contributed by atoms with van der Waals surface area (Å²) in [6.45, 7) is 9.51. The maximum absolute atomic E-state index is 13.1. The number of nitrogens with one attached hydrogen (secondary N) is 2. The Balaban J connectivity index is 1.40. The standard InChI is InChI=1S/C24H31FN4O2/c1-17-5-4-6-22(18(17)2)27-24(31)16-29-13-11-28(12-14-29)15-23(30)26-19(3)20-7-9-21(25)10-8-20/h4-10,19H,11-16H2,1-3H3,(H,26,30)(H,27,31). The lowest BCUT2D eigenvalue weighted by molar-refractivity contribution is -0.124. The summed E-state index contributed by atoms with van der Waals surface area (Å²) in [5, 5.41) is 5.96. The van der Waals surface area contributed by atoms with Gasteiger partial charge >= 0.3 is 0 Å². The van der Waals surface area contributed by atoms with Gasteiger partial charge in [0.05, 0.1) is 19.1 Å². The molecule has 166 valence electrons. The highest BCUT2D eigenvalue weighted by molar-refractivity contribution is 5.93. The van der Waals surface area contributed by atoms with E-state index in [1.165, 1.54) is 12.1 Å². The maximum atomic E-state index is 13.1. The molecule has 2 aromatic carbocycles. The highest BCUT2D eigenvalue weighted by atomic mass is 19.1. The van der Waals surface area contributed by atoms with Gasteiger partial charge in [-0.1, -0.05) is 24.3 Å². The molecule has 0 spiro atoms. The third-order valence-corrected chi connectivity index (χ3v) is 5.83. The van der Waals surface area contributed by atoms with Crippen LogP contribution in [0.1, 0.15) is 29.7 Å². The number of carbonyl (C=O) groups is 2. The molecule has 0 aromatic heterocycles. The highest BCUT2D eigenvalue weighted by Gasteiger charge is 2.21. The number of hydrogen-bond donors (Lipinski definition) is 2. The fourth-order valence-electron chi connectivity index (χ4n) is 3.71. The largest absolute Gasteiger partial charge is 0.348 e. The summed E-state index contributed by atoms with van der Waals surface area (Å²) in [7, 11) is 0. The third kappa shape index (κ3) is 6.60. The predicted octanol–water partition coefficient (Wildman–Crippen LogP) is 2.88. The number of piperazine rings is 1. The lowest BCUT2D eigenvalue weighted by Gasteiger charge is -2.34. The van der Waals surface area contributed by atoms with Gasteiger partial charge in [0.2, 0.25) is 11.8 Å². The zero-order valence-corrected chi connectivity index (χ0v) is 18.5. The molecule has 0 aliphatic carbocycles. The van der Waals surface area contributed by atoms with Crippen molar-refractivity contribution in [1.29, 1.82) is 0 Å². The number of anilines is 1. The van der Waals surface area contributed by atoms with Crippen molar-refractivity contribution in [1.82, 2.24) is 15.1 Å². The van der Waals surface area contributed by atoms with Crippen LogP contribution in [0.15, 0.2) is 42.5 Å². The topological polar surface area (TPSA) is 64.7 Å². The lowest BCUT2D eigenvalue weighted by atomic mass is 10.1. The summed E-state index contributed by atoms with van der Waals surface area (Å²) < 4.78 is 13.1. The maximum Gasteiger partial charge on any atom is 0.238 e. The van der Waals surface area contributed by atoms with Gasteiger partial charge in [-0.25, -0.2) is 4.39 Å². The van der Waals surface area contributed by atoms with E-state index in [2.05, 4.69) is 20.4 Å². The molecule has 2 N–H and O–H groups in total. The van der Waals surface area contributed by atoms with Crippen LogP contribution < -0.4 is 10.6 Å². The first-order chi connectivity index (χ1) is 14.8. The summed E-state index contributed by atoms with van der Waals surface area (Å²) in [5.74, 6) is -0.367. The zero-order chi connectivity index (χ0) is 22.4. The first-order valence-corrected chi connectivity index (χ1v) is 10.7. The molecule has 1 heterocycles. The fourth-order valence-corrected chi connectivity index (χ4v) is 3.71. The Hall–Kier alpha value is -2.77. The van der Waals surface area contributed by atoms with E-state index >= 15 is 0 Å². The van der Waals surface area contributed by atoms with Gasteiger partial charge in [-0.3, -0.25) is 19.4 Å². The average Bonchev–Trinajstić information content (AvgIpc) is 2.73. The number of halogens is 1. The molecular formula is C24H31FN4O2. The van der Waals surface area contributed by atoms with E-state index in [1.807, 2.05) is 39.0 Å². The van der Waals surface area contributed by atoms with E-state index < -0.39 is 0 Å². The van der Waals surface area contributed by atoms with Crippen LogP contribution in [0.4, 0.5) is 10.1 Å². The minimum Gasteiger partial charge on any atom is -0.348 e. The van der Waals surface area contributed by atoms with Gasteiger partial charge in [0, 0.05) is 31.9 Å². The van der Waals surface area contributed by atoms with Crippen molar-refractivity contribution in [2.45, 2.75) is 26.8 Å². The minimum atomic E-state index is -0.289. The lowest BCUT2D eigenvalue weighted by Crippen LogP contribution is -2.51. The molecule has 1 aliphatic heterocycles. The van der Waals surface area contributed by atoms with Gasteiger partial charge in [-0.05, 0) is 55.7 Å². The van der Waals surface area contributed by atoms with E-state index in [-0.39, 0.29) is 23.7 Å². The van der Waals surface area contributed by atoms with Crippen molar-refractivity contribution >= 4 is 17.5 Å². The Bertz CT molecular complexity index is 908. The number of benzene rings is 2. The van der Waals surface area contributed by atoms with Gasteiger partial charge in [0.25, 0.3) is 0 Å². The molecule has 1 saturated heterocycles. The van der Waals surface area contributed by atoms with E-state index in [0.29, 0.717) is 13.1 Å². The van der Waals surface area contributed by atoms with Gasteiger partial charge in [-0.15, -0.1) is 0 Å². The molecule has 1 atom stereocenters. The molecule has 1 aliphatic rings. The van der Waals surface area contributed by atoms with E-state index in [1.54, 1.807) is 12.1 Å². The van der Waals surface area contributed by atoms with Crippen LogP contribution in [0, 0.1) is 19.7 Å². The molecule has 0 radical (unpaired) electrons. The van der Waals surface area contributed by atoms with Crippen LogP contribution in [-0.4, -0.2) is 60.9 Å². The minimum absolute atomic E-state index is 0.0204. The second kappa shape index (κ2) is 10.5. The predicted molar refractivity (Wildman–Crippen MR) is 120 cm³/mol. The Morgan fingerprint density at radius 2 is 1.52 bits per heavy atom. The van der Waals surface area contributed by atoms with Crippen LogP contribution in [-0.2, 0) is 9.59 Å². The molecule has 0 saturated carbocycles. The van der Waals surface area contributed by atoms with Crippen molar-refractivity contribution in [3.63, 3.8) is 0 Å². The highest BCUT2D eigenvalue weighted by Crippen LogP contribution is 2.18. The molecule has 31 heavy (non-hydrogen) atoms. The quantitative estimate of drug-likeness (QED) is 0.715. The number of hydrogen-bond acceptors (Lipinski definition) is 4. The van der Waals surface area contributed by atoms with Gasteiger partial charge in [0.1, 0.15) is 5.82 Å². The number of carbonyl (C=O) groups excluding carboxylic acids is 2. The van der Waals surface area contributed by atoms with Crippen molar-refractivity contribution in [2.75, 3.05) is 44.6 Å². The van der Waals surface area contributed by atoms with Crippen LogP contribution in [0.3, 0.4) is 0 Å². The van der Waals surface area contributed by atoms with Gasteiger partial charge in [-0.2, -0.15) is 0 Å². The SMILES string of the molecule is Cc1cccc(NC(=O)CN2CCN(CC(=O)NC(C)c3ccc(F)cc3)CC2)c1C. The molecule has 1 fully saturated rings. The van der Waals surface area contributed by atoms with Crippen molar-refractivity contribution < 1.29 is 14.0 Å². The molecule has 0 bridgehead atoms. The fraction of sp³-hybridized carbons (Fsp3) is 0.417. The molecule has 3 rings (SSSR count). The first-order valence-electron chi connectivity index (χ1n) is 10.7. The Labute approximate surface area is 183 Å². The molecule has 2 aromatic rings. The summed E-state index contributed by atoms with van der Waals surface area (Å²) in [6.07, 6.45) is 0. The summed E-state index contributed by atoms with van der Waals surface area (Å²) in [6, 6.07) is 11.9. The molecular weight excluding hydrogens is 395 g/mol. The van der Waals surface area contributed by atoms with Crippen molar-refractivity contribution in [3.8, 4) is 0 Å². The normalized spacial score (nSPS) is 16.0. The summed E-state index contributed by atoms with van der Waals surface area (Å²) >= 11 is 0. The van der Waals surface area contributed by atoms with Gasteiger partial charge < -0.3 is 10.6 Å². The van der Waals surface area contributed by atoms with Crippen LogP contribution in [0.25, 0.3) is 0 Å². The number of nitrogens with zero attached hydrogens (tertiary/aromatic N) is 2. The molecule has 6 nitrogen and oxygen atoms in total. The zero-order valence-electron chi connectivity index (χ0n) is 18.5. The third-order valence-electron chi connectivity index (χ3n) is 5.83. The molecule has 2 amide bonds.